The van der Waals surface area contributed by atoms with Gasteiger partial charge < -0.3 is 10.5 Å². The quantitative estimate of drug-likeness (QED) is 0.857. The van der Waals surface area contributed by atoms with Gasteiger partial charge in [-0.3, -0.25) is 4.79 Å². The summed E-state index contributed by atoms with van der Waals surface area (Å²) in [5.41, 5.74) is 7.64. The van der Waals surface area contributed by atoms with Crippen LogP contribution in [0.5, 0.6) is 0 Å². The van der Waals surface area contributed by atoms with E-state index in [2.05, 4.69) is 12.1 Å². The molecule has 1 aliphatic carbocycles. The molecule has 0 saturated heterocycles. The zero-order valence-electron chi connectivity index (χ0n) is 13.6. The number of nitrogens with two attached hydrogens (primary N) is 1. The SMILES string of the molecule is CC1(C)CC(=O)C2=C(C1)OC(N)=C(C#N)C2c1cccc(C#N)c1. The highest BCUT2D eigenvalue weighted by Gasteiger charge is 2.42. The molecule has 5 nitrogen and oxygen atoms in total. The lowest BCUT2D eigenvalue weighted by molar-refractivity contribution is -0.119. The molecule has 1 aromatic carbocycles. The number of carbonyl (C=O) groups excluding carboxylic acids is 1. The molecule has 2 aliphatic rings. The summed E-state index contributed by atoms with van der Waals surface area (Å²) >= 11 is 0. The average Bonchev–Trinajstić information content (AvgIpc) is 2.52. The van der Waals surface area contributed by atoms with Gasteiger partial charge in [-0.05, 0) is 23.1 Å². The van der Waals surface area contributed by atoms with Crippen molar-refractivity contribution >= 4 is 5.78 Å². The molecular formula is C19H17N3O2. The van der Waals surface area contributed by atoms with Gasteiger partial charge in [0.2, 0.25) is 5.88 Å². The lowest BCUT2D eigenvalue weighted by Gasteiger charge is -2.37. The summed E-state index contributed by atoms with van der Waals surface area (Å²) < 4.78 is 5.64. The van der Waals surface area contributed by atoms with E-state index >= 15 is 0 Å². The molecule has 0 aromatic heterocycles. The van der Waals surface area contributed by atoms with Crippen molar-refractivity contribution in [2.24, 2.45) is 11.1 Å². The van der Waals surface area contributed by atoms with E-state index in [1.807, 2.05) is 13.8 Å². The normalized spacial score (nSPS) is 22.3. The Balaban J connectivity index is 2.20. The van der Waals surface area contributed by atoms with Crippen LogP contribution in [-0.4, -0.2) is 5.78 Å². The third-order valence-corrected chi connectivity index (χ3v) is 4.42. The predicted molar refractivity (Wildman–Crippen MR) is 86.9 cm³/mol. The predicted octanol–water partition coefficient (Wildman–Crippen LogP) is 3.01. The Morgan fingerprint density at radius 2 is 2.00 bits per heavy atom. The number of hydrogen-bond donors (Lipinski definition) is 1. The summed E-state index contributed by atoms with van der Waals surface area (Å²) in [6.07, 6.45) is 0.976. The van der Waals surface area contributed by atoms with E-state index in [-0.39, 0.29) is 22.7 Å². The average molecular weight is 319 g/mol. The van der Waals surface area contributed by atoms with Crippen molar-refractivity contribution < 1.29 is 9.53 Å². The number of benzene rings is 1. The Morgan fingerprint density at radius 1 is 1.25 bits per heavy atom. The van der Waals surface area contributed by atoms with E-state index < -0.39 is 5.92 Å². The smallest absolute Gasteiger partial charge is 0.205 e. The molecule has 0 saturated carbocycles. The van der Waals surface area contributed by atoms with Crippen LogP contribution in [0.3, 0.4) is 0 Å². The first-order chi connectivity index (χ1) is 11.4. The first kappa shape index (κ1) is 15.8. The van der Waals surface area contributed by atoms with Crippen molar-refractivity contribution in [3.63, 3.8) is 0 Å². The monoisotopic (exact) mass is 319 g/mol. The summed E-state index contributed by atoms with van der Waals surface area (Å²) in [5.74, 6) is -0.0290. The molecular weight excluding hydrogens is 302 g/mol. The summed E-state index contributed by atoms with van der Waals surface area (Å²) in [6, 6.07) is 11.1. The maximum atomic E-state index is 12.8. The maximum Gasteiger partial charge on any atom is 0.205 e. The number of allylic oxidation sites excluding steroid dienone is 3. The molecule has 24 heavy (non-hydrogen) atoms. The third-order valence-electron chi connectivity index (χ3n) is 4.42. The van der Waals surface area contributed by atoms with Crippen LogP contribution in [0, 0.1) is 28.1 Å². The van der Waals surface area contributed by atoms with Gasteiger partial charge in [0.25, 0.3) is 0 Å². The fourth-order valence-electron chi connectivity index (χ4n) is 3.41. The Morgan fingerprint density at radius 3 is 2.67 bits per heavy atom. The molecule has 3 rings (SSSR count). The highest BCUT2D eigenvalue weighted by Crippen LogP contribution is 2.47. The topological polar surface area (TPSA) is 99.9 Å². The first-order valence-corrected chi connectivity index (χ1v) is 7.70. The highest BCUT2D eigenvalue weighted by molar-refractivity contribution is 6.00. The number of Topliss-reactive ketones (excluding diaryl/α,β-unsaturated/α-hetero) is 1. The molecule has 0 amide bonds. The molecule has 1 aliphatic heterocycles. The standard InChI is InChI=1S/C19H17N3O2/c1-19(2)7-14(23)17-15(8-19)24-18(22)13(10-21)16(17)12-5-3-4-11(6-12)9-20/h3-6,16H,7-8,22H2,1-2H3. The minimum atomic E-state index is -0.573. The number of nitriles is 2. The van der Waals surface area contributed by atoms with Gasteiger partial charge in [-0.15, -0.1) is 0 Å². The molecule has 1 heterocycles. The molecule has 1 unspecified atom stereocenters. The fourth-order valence-corrected chi connectivity index (χ4v) is 3.41. The van der Waals surface area contributed by atoms with Crippen LogP contribution >= 0.6 is 0 Å². The minimum Gasteiger partial charge on any atom is -0.444 e. The minimum absolute atomic E-state index is 0.0335. The van der Waals surface area contributed by atoms with Crippen molar-refractivity contribution in [3.8, 4) is 12.1 Å². The Bertz CT molecular complexity index is 879. The zero-order valence-corrected chi connectivity index (χ0v) is 13.6. The zero-order chi connectivity index (χ0) is 17.5. The van der Waals surface area contributed by atoms with Gasteiger partial charge in [0, 0.05) is 18.4 Å². The van der Waals surface area contributed by atoms with Crippen molar-refractivity contribution in [3.05, 3.63) is 58.2 Å². The highest BCUT2D eigenvalue weighted by atomic mass is 16.5. The summed E-state index contributed by atoms with van der Waals surface area (Å²) in [4.78, 5) is 12.8. The molecule has 1 aromatic rings. The van der Waals surface area contributed by atoms with Gasteiger partial charge in [0.15, 0.2) is 5.78 Å². The van der Waals surface area contributed by atoms with E-state index in [1.54, 1.807) is 24.3 Å². The summed E-state index contributed by atoms with van der Waals surface area (Å²) in [6.45, 7) is 4.01. The lowest BCUT2D eigenvalue weighted by Crippen LogP contribution is -2.33. The Hall–Kier alpha value is -3.05. The molecule has 2 N–H and O–H groups in total. The molecule has 0 fully saturated rings. The number of nitrogens with zero attached hydrogens (tertiary/aromatic N) is 2. The van der Waals surface area contributed by atoms with Crippen LogP contribution in [0.2, 0.25) is 0 Å². The van der Waals surface area contributed by atoms with Gasteiger partial charge in [-0.1, -0.05) is 26.0 Å². The lowest BCUT2D eigenvalue weighted by atomic mass is 9.70. The Labute approximate surface area is 140 Å². The van der Waals surface area contributed by atoms with Crippen molar-refractivity contribution in [1.82, 2.24) is 0 Å². The molecule has 0 radical (unpaired) electrons. The van der Waals surface area contributed by atoms with Gasteiger partial charge in [-0.2, -0.15) is 10.5 Å². The molecule has 5 heteroatoms. The first-order valence-electron chi connectivity index (χ1n) is 7.70. The third kappa shape index (κ3) is 2.55. The van der Waals surface area contributed by atoms with Gasteiger partial charge in [0.05, 0.1) is 17.6 Å². The largest absolute Gasteiger partial charge is 0.444 e. The molecule has 0 bridgehead atoms. The van der Waals surface area contributed by atoms with Crippen molar-refractivity contribution in [2.45, 2.75) is 32.6 Å². The number of carbonyl (C=O) groups is 1. The van der Waals surface area contributed by atoms with Crippen molar-refractivity contribution in [1.29, 1.82) is 10.5 Å². The second kappa shape index (κ2) is 5.54. The number of hydrogen-bond acceptors (Lipinski definition) is 5. The van der Waals surface area contributed by atoms with Gasteiger partial charge in [0.1, 0.15) is 17.4 Å². The number of ether oxygens (including phenoxy) is 1. The number of ketones is 1. The van der Waals surface area contributed by atoms with E-state index in [9.17, 15) is 10.1 Å². The summed E-state index contributed by atoms with van der Waals surface area (Å²) in [5, 5.41) is 18.7. The van der Waals surface area contributed by atoms with Crippen LogP contribution < -0.4 is 5.73 Å². The van der Waals surface area contributed by atoms with Crippen LogP contribution in [0.15, 0.2) is 47.1 Å². The van der Waals surface area contributed by atoms with Gasteiger partial charge >= 0.3 is 0 Å². The van der Waals surface area contributed by atoms with Crippen LogP contribution in [0.4, 0.5) is 0 Å². The van der Waals surface area contributed by atoms with Crippen LogP contribution in [0.1, 0.15) is 43.7 Å². The summed E-state index contributed by atoms with van der Waals surface area (Å²) in [7, 11) is 0. The fraction of sp³-hybridized carbons (Fsp3) is 0.316. The molecule has 1 atom stereocenters. The van der Waals surface area contributed by atoms with Gasteiger partial charge in [-0.25, -0.2) is 0 Å². The van der Waals surface area contributed by atoms with E-state index in [1.165, 1.54) is 0 Å². The Kier molecular flexibility index (Phi) is 3.66. The second-order valence-corrected chi connectivity index (χ2v) is 6.94. The number of rotatable bonds is 1. The second-order valence-electron chi connectivity index (χ2n) is 6.94. The van der Waals surface area contributed by atoms with Crippen LogP contribution in [-0.2, 0) is 9.53 Å². The molecule has 0 spiro atoms. The molecule has 120 valence electrons. The maximum absolute atomic E-state index is 12.8. The van der Waals surface area contributed by atoms with E-state index in [0.717, 1.165) is 0 Å². The van der Waals surface area contributed by atoms with Crippen molar-refractivity contribution in [2.75, 3.05) is 0 Å². The van der Waals surface area contributed by atoms with Crippen LogP contribution in [0.25, 0.3) is 0 Å². The van der Waals surface area contributed by atoms with E-state index in [0.29, 0.717) is 35.3 Å². The van der Waals surface area contributed by atoms with E-state index in [4.69, 9.17) is 15.7 Å².